The van der Waals surface area contributed by atoms with E-state index in [2.05, 4.69) is 10.6 Å². The van der Waals surface area contributed by atoms with Crippen molar-refractivity contribution in [2.24, 2.45) is 0 Å². The third kappa shape index (κ3) is 6.89. The van der Waals surface area contributed by atoms with Gasteiger partial charge in [-0.15, -0.1) is 0 Å². The highest BCUT2D eigenvalue weighted by molar-refractivity contribution is 5.81. The number of hydrogen-bond acceptors (Lipinski definition) is 3. The molecule has 5 heteroatoms. The fourth-order valence-electron chi connectivity index (χ4n) is 2.49. The standard InChI is InChI=1S/C15H29N3O2/c1-5-18(11-14(20)17-15(2,3)4)10-13(19)16-12-8-6-7-9-12/h12H,5-11H2,1-4H3,(H,16,19)(H,17,20). The Morgan fingerprint density at radius 2 is 1.65 bits per heavy atom. The second kappa shape index (κ2) is 7.62. The highest BCUT2D eigenvalue weighted by Gasteiger charge is 2.20. The van der Waals surface area contributed by atoms with E-state index in [4.69, 9.17) is 0 Å². The van der Waals surface area contributed by atoms with Gasteiger partial charge in [0.2, 0.25) is 11.8 Å². The topological polar surface area (TPSA) is 61.4 Å². The molecule has 0 radical (unpaired) electrons. The highest BCUT2D eigenvalue weighted by Crippen LogP contribution is 2.17. The first-order valence-electron chi connectivity index (χ1n) is 7.63. The van der Waals surface area contributed by atoms with Crippen LogP contribution in [0.25, 0.3) is 0 Å². The molecule has 0 spiro atoms. The molecule has 116 valence electrons. The lowest BCUT2D eigenvalue weighted by Gasteiger charge is -2.25. The molecule has 0 atom stereocenters. The molecule has 0 unspecified atom stereocenters. The lowest BCUT2D eigenvalue weighted by Crippen LogP contribution is -2.48. The van der Waals surface area contributed by atoms with E-state index in [1.165, 1.54) is 12.8 Å². The summed E-state index contributed by atoms with van der Waals surface area (Å²) >= 11 is 0. The monoisotopic (exact) mass is 283 g/mol. The third-order valence-corrected chi connectivity index (χ3v) is 3.42. The molecule has 0 aromatic heterocycles. The number of rotatable bonds is 6. The van der Waals surface area contributed by atoms with Crippen LogP contribution >= 0.6 is 0 Å². The van der Waals surface area contributed by atoms with Gasteiger partial charge in [-0.1, -0.05) is 19.8 Å². The average molecular weight is 283 g/mol. The number of hydrogen-bond donors (Lipinski definition) is 2. The molecule has 0 heterocycles. The van der Waals surface area contributed by atoms with Crippen LogP contribution in [0.1, 0.15) is 53.4 Å². The molecule has 1 saturated carbocycles. The van der Waals surface area contributed by atoms with Crippen molar-refractivity contribution in [1.82, 2.24) is 15.5 Å². The summed E-state index contributed by atoms with van der Waals surface area (Å²) in [5.74, 6) is -0.00433. The van der Waals surface area contributed by atoms with E-state index < -0.39 is 0 Å². The van der Waals surface area contributed by atoms with Gasteiger partial charge in [-0.25, -0.2) is 0 Å². The first kappa shape index (κ1) is 17.0. The Balaban J connectivity index is 2.34. The molecule has 1 fully saturated rings. The van der Waals surface area contributed by atoms with Crippen LogP contribution in [0.15, 0.2) is 0 Å². The molecule has 5 nitrogen and oxygen atoms in total. The lowest BCUT2D eigenvalue weighted by molar-refractivity contribution is -0.126. The fourth-order valence-corrected chi connectivity index (χ4v) is 2.49. The Morgan fingerprint density at radius 3 is 2.15 bits per heavy atom. The molecule has 1 aliphatic carbocycles. The number of carbonyl (C=O) groups is 2. The Bertz CT molecular complexity index is 331. The van der Waals surface area contributed by atoms with Crippen molar-refractivity contribution in [2.45, 2.75) is 65.0 Å². The van der Waals surface area contributed by atoms with Gasteiger partial charge in [0.1, 0.15) is 0 Å². The zero-order chi connectivity index (χ0) is 15.2. The maximum absolute atomic E-state index is 12.0. The van der Waals surface area contributed by atoms with Gasteiger partial charge in [0, 0.05) is 11.6 Å². The molecule has 0 bridgehead atoms. The highest BCUT2D eigenvalue weighted by atomic mass is 16.2. The van der Waals surface area contributed by atoms with Crippen LogP contribution in [0.4, 0.5) is 0 Å². The Labute approximate surface area is 122 Å². The minimum atomic E-state index is -0.234. The molecular weight excluding hydrogens is 254 g/mol. The van der Waals surface area contributed by atoms with E-state index in [9.17, 15) is 9.59 Å². The Morgan fingerprint density at radius 1 is 1.10 bits per heavy atom. The molecule has 2 amide bonds. The van der Waals surface area contributed by atoms with Gasteiger partial charge in [0.25, 0.3) is 0 Å². The maximum Gasteiger partial charge on any atom is 0.234 e. The van der Waals surface area contributed by atoms with Crippen molar-refractivity contribution >= 4 is 11.8 Å². The summed E-state index contributed by atoms with van der Waals surface area (Å²) in [5.41, 5.74) is -0.234. The van der Waals surface area contributed by atoms with Gasteiger partial charge < -0.3 is 10.6 Å². The predicted octanol–water partition coefficient (Wildman–Crippen LogP) is 1.28. The smallest absolute Gasteiger partial charge is 0.234 e. The maximum atomic E-state index is 12.0. The van der Waals surface area contributed by atoms with Crippen molar-refractivity contribution in [2.75, 3.05) is 19.6 Å². The van der Waals surface area contributed by atoms with Crippen molar-refractivity contribution in [1.29, 1.82) is 0 Å². The van der Waals surface area contributed by atoms with E-state index in [0.717, 1.165) is 12.8 Å². The third-order valence-electron chi connectivity index (χ3n) is 3.42. The summed E-state index contributed by atoms with van der Waals surface area (Å²) in [4.78, 5) is 25.7. The first-order valence-corrected chi connectivity index (χ1v) is 7.63. The molecule has 0 aliphatic heterocycles. The largest absolute Gasteiger partial charge is 0.352 e. The molecule has 0 aromatic carbocycles. The summed E-state index contributed by atoms with van der Waals surface area (Å²) in [7, 11) is 0. The van der Waals surface area contributed by atoms with Gasteiger partial charge in [-0.2, -0.15) is 0 Å². The van der Waals surface area contributed by atoms with E-state index >= 15 is 0 Å². The summed E-state index contributed by atoms with van der Waals surface area (Å²) in [6.45, 7) is 9.08. The number of likely N-dealkylation sites (N-methyl/N-ethyl adjacent to an activating group) is 1. The summed E-state index contributed by atoms with van der Waals surface area (Å²) in [5, 5.41) is 5.97. The molecule has 1 aliphatic rings. The normalized spacial score (nSPS) is 16.4. The van der Waals surface area contributed by atoms with Crippen LogP contribution in [0.3, 0.4) is 0 Å². The van der Waals surface area contributed by atoms with E-state index in [1.54, 1.807) is 0 Å². The zero-order valence-electron chi connectivity index (χ0n) is 13.3. The number of nitrogens with one attached hydrogen (secondary N) is 2. The summed E-state index contributed by atoms with van der Waals surface area (Å²) in [6.07, 6.45) is 4.58. The average Bonchev–Trinajstić information content (AvgIpc) is 2.78. The zero-order valence-corrected chi connectivity index (χ0v) is 13.3. The number of nitrogens with zero attached hydrogens (tertiary/aromatic N) is 1. The van der Waals surface area contributed by atoms with Crippen molar-refractivity contribution in [3.05, 3.63) is 0 Å². The van der Waals surface area contributed by atoms with E-state index in [-0.39, 0.29) is 23.9 Å². The lowest BCUT2D eigenvalue weighted by atomic mass is 10.1. The van der Waals surface area contributed by atoms with Crippen LogP contribution in [0.2, 0.25) is 0 Å². The molecule has 20 heavy (non-hydrogen) atoms. The minimum absolute atomic E-state index is 0.0299. The van der Waals surface area contributed by atoms with Gasteiger partial charge >= 0.3 is 0 Å². The Kier molecular flexibility index (Phi) is 6.46. The van der Waals surface area contributed by atoms with E-state index in [0.29, 0.717) is 19.1 Å². The van der Waals surface area contributed by atoms with Crippen LogP contribution < -0.4 is 10.6 Å². The SMILES string of the molecule is CCN(CC(=O)NC1CCCC1)CC(=O)NC(C)(C)C. The van der Waals surface area contributed by atoms with Gasteiger partial charge in [-0.3, -0.25) is 14.5 Å². The molecule has 1 rings (SSSR count). The molecular formula is C15H29N3O2. The Hall–Kier alpha value is -1.10. The van der Waals surface area contributed by atoms with Crippen molar-refractivity contribution < 1.29 is 9.59 Å². The predicted molar refractivity (Wildman–Crippen MR) is 80.4 cm³/mol. The summed E-state index contributed by atoms with van der Waals surface area (Å²) < 4.78 is 0. The minimum Gasteiger partial charge on any atom is -0.352 e. The van der Waals surface area contributed by atoms with Crippen molar-refractivity contribution in [3.63, 3.8) is 0 Å². The van der Waals surface area contributed by atoms with Crippen LogP contribution in [0, 0.1) is 0 Å². The molecule has 2 N–H and O–H groups in total. The van der Waals surface area contributed by atoms with Crippen LogP contribution in [-0.4, -0.2) is 47.9 Å². The second-order valence-electron chi connectivity index (χ2n) is 6.65. The first-order chi connectivity index (χ1) is 9.30. The van der Waals surface area contributed by atoms with Crippen molar-refractivity contribution in [3.8, 4) is 0 Å². The fraction of sp³-hybridized carbons (Fsp3) is 0.867. The number of carbonyl (C=O) groups excluding carboxylic acids is 2. The van der Waals surface area contributed by atoms with Crippen LogP contribution in [0.5, 0.6) is 0 Å². The molecule has 0 aromatic rings. The summed E-state index contributed by atoms with van der Waals surface area (Å²) in [6, 6.07) is 0.338. The van der Waals surface area contributed by atoms with Gasteiger partial charge in [-0.05, 0) is 40.2 Å². The van der Waals surface area contributed by atoms with E-state index in [1.807, 2.05) is 32.6 Å². The van der Waals surface area contributed by atoms with Crippen LogP contribution in [-0.2, 0) is 9.59 Å². The second-order valence-corrected chi connectivity index (χ2v) is 6.65. The number of amides is 2. The van der Waals surface area contributed by atoms with Gasteiger partial charge in [0.05, 0.1) is 13.1 Å². The van der Waals surface area contributed by atoms with Gasteiger partial charge in [0.15, 0.2) is 0 Å². The quantitative estimate of drug-likeness (QED) is 0.772. The molecule has 0 saturated heterocycles.